The molecule has 0 radical (unpaired) electrons. The molecular formula is C15H23ClN2O3. The highest BCUT2D eigenvalue weighted by Crippen LogP contribution is 2.12. The highest BCUT2D eigenvalue weighted by atomic mass is 35.5. The van der Waals surface area contributed by atoms with Gasteiger partial charge in [0.05, 0.1) is 19.8 Å². The van der Waals surface area contributed by atoms with Crippen molar-refractivity contribution in [2.75, 3.05) is 45.3 Å². The lowest BCUT2D eigenvalue weighted by atomic mass is 10.3. The maximum Gasteiger partial charge on any atom is 0.238 e. The van der Waals surface area contributed by atoms with E-state index in [2.05, 4.69) is 10.6 Å². The molecule has 1 aromatic rings. The highest BCUT2D eigenvalue weighted by Gasteiger charge is 2.01. The van der Waals surface area contributed by atoms with E-state index in [4.69, 9.17) is 21.1 Å². The summed E-state index contributed by atoms with van der Waals surface area (Å²) in [7, 11) is 1.66. The van der Waals surface area contributed by atoms with Crippen molar-refractivity contribution in [2.24, 2.45) is 0 Å². The first kappa shape index (κ1) is 17.9. The molecule has 0 aliphatic carbocycles. The van der Waals surface area contributed by atoms with Crippen LogP contribution >= 0.6 is 11.6 Å². The zero-order chi connectivity index (χ0) is 15.3. The van der Waals surface area contributed by atoms with Gasteiger partial charge in [0, 0.05) is 24.4 Å². The molecule has 1 rings (SSSR count). The van der Waals surface area contributed by atoms with E-state index in [-0.39, 0.29) is 5.91 Å². The number of ether oxygens (including phenoxy) is 2. The molecule has 1 amide bonds. The lowest BCUT2D eigenvalue weighted by molar-refractivity contribution is -0.115. The molecular weight excluding hydrogens is 292 g/mol. The van der Waals surface area contributed by atoms with Crippen molar-refractivity contribution in [1.82, 2.24) is 5.32 Å². The van der Waals surface area contributed by atoms with Gasteiger partial charge in [-0.2, -0.15) is 0 Å². The SMILES string of the molecule is COCCOCCCCNCC(=O)Nc1ccc(Cl)cc1. The molecule has 0 aromatic heterocycles. The number of carbonyl (C=O) groups excluding carboxylic acids is 1. The number of anilines is 1. The van der Waals surface area contributed by atoms with Gasteiger partial charge in [0.15, 0.2) is 0 Å². The Morgan fingerprint density at radius 2 is 1.90 bits per heavy atom. The van der Waals surface area contributed by atoms with Crippen LogP contribution in [-0.2, 0) is 14.3 Å². The van der Waals surface area contributed by atoms with Gasteiger partial charge in [0.1, 0.15) is 0 Å². The lowest BCUT2D eigenvalue weighted by Gasteiger charge is -2.07. The van der Waals surface area contributed by atoms with E-state index >= 15 is 0 Å². The van der Waals surface area contributed by atoms with E-state index in [9.17, 15) is 4.79 Å². The van der Waals surface area contributed by atoms with Gasteiger partial charge in [-0.25, -0.2) is 0 Å². The van der Waals surface area contributed by atoms with Crippen LogP contribution in [0.2, 0.25) is 5.02 Å². The highest BCUT2D eigenvalue weighted by molar-refractivity contribution is 6.30. The molecule has 1 aromatic carbocycles. The summed E-state index contributed by atoms with van der Waals surface area (Å²) in [4.78, 5) is 11.7. The van der Waals surface area contributed by atoms with Gasteiger partial charge < -0.3 is 20.1 Å². The van der Waals surface area contributed by atoms with Gasteiger partial charge in [-0.1, -0.05) is 11.6 Å². The van der Waals surface area contributed by atoms with E-state index in [0.29, 0.717) is 24.8 Å². The molecule has 2 N–H and O–H groups in total. The van der Waals surface area contributed by atoms with E-state index < -0.39 is 0 Å². The number of unbranched alkanes of at least 4 members (excludes halogenated alkanes) is 1. The number of carbonyl (C=O) groups is 1. The topological polar surface area (TPSA) is 59.6 Å². The number of halogens is 1. The minimum atomic E-state index is -0.0614. The van der Waals surface area contributed by atoms with Gasteiger partial charge in [-0.05, 0) is 43.7 Å². The molecule has 21 heavy (non-hydrogen) atoms. The van der Waals surface area contributed by atoms with E-state index in [1.54, 1.807) is 31.4 Å². The first-order chi connectivity index (χ1) is 10.2. The Bertz CT molecular complexity index is 398. The van der Waals surface area contributed by atoms with Crippen molar-refractivity contribution >= 4 is 23.2 Å². The van der Waals surface area contributed by atoms with Crippen molar-refractivity contribution in [3.05, 3.63) is 29.3 Å². The largest absolute Gasteiger partial charge is 0.382 e. The Hall–Kier alpha value is -1.14. The Balaban J connectivity index is 1.97. The third-order valence-electron chi connectivity index (χ3n) is 2.74. The first-order valence-electron chi connectivity index (χ1n) is 7.05. The predicted octanol–water partition coefficient (Wildman–Crippen LogP) is 2.31. The fourth-order valence-corrected chi connectivity index (χ4v) is 1.76. The van der Waals surface area contributed by atoms with Crippen molar-refractivity contribution in [3.63, 3.8) is 0 Å². The molecule has 0 aliphatic heterocycles. The summed E-state index contributed by atoms with van der Waals surface area (Å²) in [6.45, 7) is 3.08. The molecule has 0 bridgehead atoms. The van der Waals surface area contributed by atoms with Crippen LogP contribution in [0.1, 0.15) is 12.8 Å². The quantitative estimate of drug-likeness (QED) is 0.615. The predicted molar refractivity (Wildman–Crippen MR) is 84.9 cm³/mol. The average molecular weight is 315 g/mol. The minimum Gasteiger partial charge on any atom is -0.382 e. The fraction of sp³-hybridized carbons (Fsp3) is 0.533. The zero-order valence-electron chi connectivity index (χ0n) is 12.4. The van der Waals surface area contributed by atoms with Crippen LogP contribution in [0.25, 0.3) is 0 Å². The summed E-state index contributed by atoms with van der Waals surface area (Å²) in [5, 5.41) is 6.55. The monoisotopic (exact) mass is 314 g/mol. The summed E-state index contributed by atoms with van der Waals surface area (Å²) in [6, 6.07) is 7.04. The van der Waals surface area contributed by atoms with Crippen LogP contribution in [0.15, 0.2) is 24.3 Å². The summed E-state index contributed by atoms with van der Waals surface area (Å²) in [6.07, 6.45) is 1.94. The zero-order valence-corrected chi connectivity index (χ0v) is 13.1. The van der Waals surface area contributed by atoms with Crippen LogP contribution in [0.3, 0.4) is 0 Å². The second-order valence-corrected chi connectivity index (χ2v) is 4.98. The van der Waals surface area contributed by atoms with E-state index in [1.807, 2.05) is 0 Å². The van der Waals surface area contributed by atoms with Crippen molar-refractivity contribution in [2.45, 2.75) is 12.8 Å². The smallest absolute Gasteiger partial charge is 0.238 e. The van der Waals surface area contributed by atoms with Gasteiger partial charge in [-0.3, -0.25) is 4.79 Å². The molecule has 0 heterocycles. The molecule has 118 valence electrons. The van der Waals surface area contributed by atoms with Crippen LogP contribution < -0.4 is 10.6 Å². The Labute approximate surface area is 131 Å². The van der Waals surface area contributed by atoms with Crippen molar-refractivity contribution in [1.29, 1.82) is 0 Å². The fourth-order valence-electron chi connectivity index (χ4n) is 1.64. The van der Waals surface area contributed by atoms with Gasteiger partial charge >= 0.3 is 0 Å². The molecule has 6 heteroatoms. The molecule has 0 saturated heterocycles. The summed E-state index contributed by atoms with van der Waals surface area (Å²) >= 11 is 5.78. The number of methoxy groups -OCH3 is 1. The molecule has 5 nitrogen and oxygen atoms in total. The molecule has 0 aliphatic rings. The second-order valence-electron chi connectivity index (χ2n) is 4.54. The molecule has 0 spiro atoms. The second kappa shape index (κ2) is 11.5. The van der Waals surface area contributed by atoms with E-state index in [0.717, 1.165) is 31.7 Å². The maximum atomic E-state index is 11.7. The number of hydrogen-bond acceptors (Lipinski definition) is 4. The summed E-state index contributed by atoms with van der Waals surface area (Å²) < 4.78 is 10.2. The summed E-state index contributed by atoms with van der Waals surface area (Å²) in [5.74, 6) is -0.0614. The molecule has 0 atom stereocenters. The molecule has 0 saturated carbocycles. The molecule has 0 unspecified atom stereocenters. The van der Waals surface area contributed by atoms with Gasteiger partial charge in [0.2, 0.25) is 5.91 Å². The third kappa shape index (κ3) is 9.42. The van der Waals surface area contributed by atoms with Crippen LogP contribution in [-0.4, -0.2) is 45.9 Å². The third-order valence-corrected chi connectivity index (χ3v) is 2.99. The Morgan fingerprint density at radius 3 is 2.62 bits per heavy atom. The summed E-state index contributed by atoms with van der Waals surface area (Å²) in [5.41, 5.74) is 0.748. The van der Waals surface area contributed by atoms with Crippen molar-refractivity contribution in [3.8, 4) is 0 Å². The van der Waals surface area contributed by atoms with Crippen molar-refractivity contribution < 1.29 is 14.3 Å². The number of rotatable bonds is 11. The normalized spacial score (nSPS) is 10.6. The number of amides is 1. The Kier molecular flexibility index (Phi) is 9.82. The standard InChI is InChI=1S/C15H23ClN2O3/c1-20-10-11-21-9-3-2-8-17-12-15(19)18-14-6-4-13(16)5-7-14/h4-7,17H,2-3,8-12H2,1H3,(H,18,19). The number of benzene rings is 1. The van der Waals surface area contributed by atoms with Crippen LogP contribution in [0.5, 0.6) is 0 Å². The van der Waals surface area contributed by atoms with Crippen LogP contribution in [0.4, 0.5) is 5.69 Å². The minimum absolute atomic E-state index is 0.0614. The average Bonchev–Trinajstić information content (AvgIpc) is 2.48. The first-order valence-corrected chi connectivity index (χ1v) is 7.43. The number of hydrogen-bond donors (Lipinski definition) is 2. The Morgan fingerprint density at radius 1 is 1.14 bits per heavy atom. The van der Waals surface area contributed by atoms with Crippen LogP contribution in [0, 0.1) is 0 Å². The van der Waals surface area contributed by atoms with E-state index in [1.165, 1.54) is 0 Å². The molecule has 0 fully saturated rings. The maximum absolute atomic E-state index is 11.7. The van der Waals surface area contributed by atoms with Gasteiger partial charge in [0.25, 0.3) is 0 Å². The lowest BCUT2D eigenvalue weighted by Crippen LogP contribution is -2.28. The number of nitrogens with one attached hydrogen (secondary N) is 2. The van der Waals surface area contributed by atoms with Gasteiger partial charge in [-0.15, -0.1) is 0 Å².